The largest absolute Gasteiger partial charge is 0.416 e. The van der Waals surface area contributed by atoms with Crippen LogP contribution in [0.2, 0.25) is 0 Å². The number of likely N-dealkylation sites (tertiary alicyclic amines) is 1. The molecule has 4 nitrogen and oxygen atoms in total. The summed E-state index contributed by atoms with van der Waals surface area (Å²) in [7, 11) is 1.50. The Morgan fingerprint density at radius 3 is 2.61 bits per heavy atom. The summed E-state index contributed by atoms with van der Waals surface area (Å²) in [6.07, 6.45) is -4.32. The van der Waals surface area contributed by atoms with Crippen molar-refractivity contribution >= 4 is 5.91 Å². The molecule has 0 aliphatic carbocycles. The predicted molar refractivity (Wildman–Crippen MR) is 77.9 cm³/mol. The van der Waals surface area contributed by atoms with E-state index < -0.39 is 17.8 Å². The highest BCUT2D eigenvalue weighted by atomic mass is 19.4. The van der Waals surface area contributed by atoms with Gasteiger partial charge in [-0.2, -0.15) is 13.2 Å². The molecule has 2 aliphatic heterocycles. The monoisotopic (exact) mass is 328 g/mol. The molecule has 0 saturated carbocycles. The van der Waals surface area contributed by atoms with Crippen molar-refractivity contribution in [3.05, 3.63) is 34.4 Å². The molecule has 0 radical (unpaired) electrons. The zero-order valence-electron chi connectivity index (χ0n) is 13.0. The molecule has 2 atom stereocenters. The first kappa shape index (κ1) is 16.3. The van der Waals surface area contributed by atoms with Gasteiger partial charge in [0.1, 0.15) is 0 Å². The number of aliphatic hydroxyl groups is 1. The number of nitrogens with zero attached hydrogens (tertiary/aromatic N) is 2. The van der Waals surface area contributed by atoms with Crippen molar-refractivity contribution in [2.75, 3.05) is 20.1 Å². The van der Waals surface area contributed by atoms with Crippen molar-refractivity contribution in [3.63, 3.8) is 0 Å². The third-order valence-electron chi connectivity index (χ3n) is 4.77. The highest BCUT2D eigenvalue weighted by Gasteiger charge is 2.40. The van der Waals surface area contributed by atoms with Crippen molar-refractivity contribution in [2.24, 2.45) is 0 Å². The van der Waals surface area contributed by atoms with Crippen LogP contribution in [0.5, 0.6) is 0 Å². The van der Waals surface area contributed by atoms with Crippen molar-refractivity contribution in [2.45, 2.75) is 38.2 Å². The van der Waals surface area contributed by atoms with E-state index in [-0.39, 0.29) is 29.6 Å². The Morgan fingerprint density at radius 2 is 2.04 bits per heavy atom. The molecular formula is C16H19F3N2O2. The van der Waals surface area contributed by atoms with Gasteiger partial charge < -0.3 is 10.0 Å². The second-order valence-electron chi connectivity index (χ2n) is 6.37. The Hall–Kier alpha value is -1.60. The fourth-order valence-electron chi connectivity index (χ4n) is 3.39. The van der Waals surface area contributed by atoms with E-state index in [0.29, 0.717) is 25.1 Å². The standard InChI is InChI=1S/C16H19F3N2O2/c1-9(21-4-3-11(22)7-21)10-5-12-13(8-20(2)15(12)23)14(6-10)16(17,18)19/h5-6,9,11,22H,3-4,7-8H2,1-2H3. The Bertz CT molecular complexity index is 645. The van der Waals surface area contributed by atoms with Crippen LogP contribution < -0.4 is 0 Å². The maximum atomic E-state index is 13.4. The van der Waals surface area contributed by atoms with E-state index in [0.717, 1.165) is 6.07 Å². The van der Waals surface area contributed by atoms with Gasteiger partial charge in [-0.3, -0.25) is 9.69 Å². The lowest BCUT2D eigenvalue weighted by Crippen LogP contribution is -2.26. The number of alkyl halides is 3. The Labute approximate surface area is 132 Å². The smallest absolute Gasteiger partial charge is 0.392 e. The van der Waals surface area contributed by atoms with Crippen LogP contribution in [0, 0.1) is 0 Å². The van der Waals surface area contributed by atoms with E-state index in [9.17, 15) is 23.1 Å². The van der Waals surface area contributed by atoms with Crippen molar-refractivity contribution in [1.29, 1.82) is 0 Å². The van der Waals surface area contributed by atoms with Crippen molar-refractivity contribution in [3.8, 4) is 0 Å². The number of carbonyl (C=O) groups is 1. The Balaban J connectivity index is 2.04. The number of halogens is 3. The zero-order valence-corrected chi connectivity index (χ0v) is 13.0. The predicted octanol–water partition coefficient (Wildman–Crippen LogP) is 2.42. The number of β-amino-alcohol motifs (C(OH)–C–C–N with tert-alkyl or cyclic N) is 1. The summed E-state index contributed by atoms with van der Waals surface area (Å²) in [6, 6.07) is 2.45. The van der Waals surface area contributed by atoms with Gasteiger partial charge in [0.15, 0.2) is 0 Å². The summed E-state index contributed by atoms with van der Waals surface area (Å²) in [5, 5.41) is 9.63. The van der Waals surface area contributed by atoms with E-state index in [1.54, 1.807) is 6.07 Å². The van der Waals surface area contributed by atoms with Gasteiger partial charge in [-0.15, -0.1) is 0 Å². The molecule has 0 spiro atoms. The Morgan fingerprint density at radius 1 is 1.35 bits per heavy atom. The summed E-state index contributed by atoms with van der Waals surface area (Å²) in [5.74, 6) is -0.374. The van der Waals surface area contributed by atoms with Gasteiger partial charge >= 0.3 is 6.18 Å². The molecule has 1 aromatic rings. The first-order chi connectivity index (χ1) is 10.7. The van der Waals surface area contributed by atoms with Gasteiger partial charge in [-0.05, 0) is 36.6 Å². The van der Waals surface area contributed by atoms with Crippen LogP contribution in [-0.2, 0) is 12.7 Å². The normalized spacial score (nSPS) is 23.5. The molecule has 126 valence electrons. The highest BCUT2D eigenvalue weighted by molar-refractivity contribution is 5.98. The molecule has 1 N–H and O–H groups in total. The number of hydrogen-bond donors (Lipinski definition) is 1. The molecular weight excluding hydrogens is 309 g/mol. The minimum atomic E-state index is -4.49. The van der Waals surface area contributed by atoms with Gasteiger partial charge in [-0.1, -0.05) is 0 Å². The Kier molecular flexibility index (Phi) is 3.88. The minimum absolute atomic E-state index is 0.0138. The number of benzene rings is 1. The van der Waals surface area contributed by atoms with E-state index in [1.807, 2.05) is 11.8 Å². The SMILES string of the molecule is CC(c1cc2c(c(C(F)(F)F)c1)CN(C)C2=O)N1CCC(O)C1. The van der Waals surface area contributed by atoms with Crippen molar-refractivity contribution < 1.29 is 23.1 Å². The van der Waals surface area contributed by atoms with E-state index in [2.05, 4.69) is 0 Å². The summed E-state index contributed by atoms with van der Waals surface area (Å²) < 4.78 is 40.2. The first-order valence-corrected chi connectivity index (χ1v) is 7.60. The lowest BCUT2D eigenvalue weighted by Gasteiger charge is -2.25. The number of fused-ring (bicyclic) bond motifs is 1. The molecule has 1 amide bonds. The molecule has 1 saturated heterocycles. The number of aliphatic hydroxyl groups excluding tert-OH is 1. The average Bonchev–Trinajstić information content (AvgIpc) is 3.01. The second kappa shape index (κ2) is 5.49. The van der Waals surface area contributed by atoms with Gasteiger partial charge in [-0.25, -0.2) is 0 Å². The van der Waals surface area contributed by atoms with E-state index in [4.69, 9.17) is 0 Å². The van der Waals surface area contributed by atoms with Crippen LogP contribution in [-0.4, -0.2) is 47.1 Å². The third kappa shape index (κ3) is 2.83. The molecule has 2 heterocycles. The quantitative estimate of drug-likeness (QED) is 0.907. The van der Waals surface area contributed by atoms with Gasteiger partial charge in [0.25, 0.3) is 5.91 Å². The van der Waals surface area contributed by atoms with Gasteiger partial charge in [0.2, 0.25) is 0 Å². The molecule has 7 heteroatoms. The molecule has 2 aliphatic rings. The molecule has 23 heavy (non-hydrogen) atoms. The maximum absolute atomic E-state index is 13.4. The van der Waals surface area contributed by atoms with Gasteiger partial charge in [0, 0.05) is 38.3 Å². The number of hydrogen-bond acceptors (Lipinski definition) is 3. The summed E-state index contributed by atoms with van der Waals surface area (Å²) in [5.41, 5.74) is -0.0607. The average molecular weight is 328 g/mol. The second-order valence-corrected chi connectivity index (χ2v) is 6.37. The molecule has 0 bridgehead atoms. The van der Waals surface area contributed by atoms with Crippen LogP contribution in [0.1, 0.15) is 46.4 Å². The molecule has 1 fully saturated rings. The van der Waals surface area contributed by atoms with Gasteiger partial charge in [0.05, 0.1) is 11.7 Å². The topological polar surface area (TPSA) is 43.8 Å². The molecule has 2 unspecified atom stereocenters. The van der Waals surface area contributed by atoms with Crippen LogP contribution >= 0.6 is 0 Å². The summed E-state index contributed by atoms with van der Waals surface area (Å²) >= 11 is 0. The molecule has 1 aromatic carbocycles. The lowest BCUT2D eigenvalue weighted by atomic mass is 9.95. The van der Waals surface area contributed by atoms with Crippen LogP contribution in [0.25, 0.3) is 0 Å². The number of amides is 1. The van der Waals surface area contributed by atoms with Crippen LogP contribution in [0.3, 0.4) is 0 Å². The van der Waals surface area contributed by atoms with Crippen molar-refractivity contribution in [1.82, 2.24) is 9.80 Å². The summed E-state index contributed by atoms with van der Waals surface area (Å²) in [4.78, 5) is 15.4. The number of carbonyl (C=O) groups excluding carboxylic acids is 1. The fraction of sp³-hybridized carbons (Fsp3) is 0.562. The highest BCUT2D eigenvalue weighted by Crippen LogP contribution is 2.39. The zero-order chi connectivity index (χ0) is 16.9. The molecule has 3 rings (SSSR count). The molecule has 0 aromatic heterocycles. The van der Waals surface area contributed by atoms with E-state index >= 15 is 0 Å². The van der Waals surface area contributed by atoms with Crippen LogP contribution in [0.15, 0.2) is 12.1 Å². The summed E-state index contributed by atoms with van der Waals surface area (Å²) in [6.45, 7) is 2.87. The first-order valence-electron chi connectivity index (χ1n) is 7.60. The third-order valence-corrected chi connectivity index (χ3v) is 4.77. The van der Waals surface area contributed by atoms with E-state index in [1.165, 1.54) is 11.9 Å². The maximum Gasteiger partial charge on any atom is 0.416 e. The minimum Gasteiger partial charge on any atom is -0.392 e. The number of rotatable bonds is 2. The lowest BCUT2D eigenvalue weighted by molar-refractivity contribution is -0.138. The van der Waals surface area contributed by atoms with Crippen LogP contribution in [0.4, 0.5) is 13.2 Å². The fourth-order valence-corrected chi connectivity index (χ4v) is 3.39.